The van der Waals surface area contributed by atoms with E-state index in [0.29, 0.717) is 6.54 Å². The van der Waals surface area contributed by atoms with Crippen LogP contribution in [0.4, 0.5) is 0 Å². The van der Waals surface area contributed by atoms with Gasteiger partial charge >= 0.3 is 0 Å². The molecule has 2 unspecified atom stereocenters. The molecule has 1 saturated heterocycles. The van der Waals surface area contributed by atoms with Crippen LogP contribution >= 0.6 is 0 Å². The molecule has 5 heteroatoms. The SMILES string of the molecule is CC1CN(Cc2ccccc2CNC(=O)C(C)(C)C#N)CC(C)O1. The van der Waals surface area contributed by atoms with Crippen molar-refractivity contribution in [2.45, 2.75) is 53.0 Å². The van der Waals surface area contributed by atoms with Gasteiger partial charge in [-0.3, -0.25) is 9.69 Å². The average Bonchev–Trinajstić information content (AvgIpc) is 2.52. The first-order chi connectivity index (χ1) is 11.3. The number of hydrogen-bond donors (Lipinski definition) is 1. The maximum Gasteiger partial charge on any atom is 0.240 e. The highest BCUT2D eigenvalue weighted by Gasteiger charge is 2.27. The van der Waals surface area contributed by atoms with Crippen molar-refractivity contribution in [1.82, 2.24) is 10.2 Å². The van der Waals surface area contributed by atoms with Crippen LogP contribution in [0, 0.1) is 16.7 Å². The zero-order valence-electron chi connectivity index (χ0n) is 15.0. The summed E-state index contributed by atoms with van der Waals surface area (Å²) in [5, 5.41) is 11.9. The monoisotopic (exact) mass is 329 g/mol. The van der Waals surface area contributed by atoms with Gasteiger partial charge in [0.1, 0.15) is 5.41 Å². The van der Waals surface area contributed by atoms with E-state index in [-0.39, 0.29) is 18.1 Å². The minimum Gasteiger partial charge on any atom is -0.373 e. The number of nitrogens with one attached hydrogen (secondary N) is 1. The second kappa shape index (κ2) is 7.78. The van der Waals surface area contributed by atoms with E-state index in [9.17, 15) is 4.79 Å². The molecule has 0 aromatic heterocycles. The van der Waals surface area contributed by atoms with Gasteiger partial charge in [-0.25, -0.2) is 0 Å². The van der Waals surface area contributed by atoms with Crippen molar-refractivity contribution in [2.24, 2.45) is 5.41 Å². The molecule has 1 aromatic carbocycles. The summed E-state index contributed by atoms with van der Waals surface area (Å²) in [4.78, 5) is 14.5. The van der Waals surface area contributed by atoms with Crippen LogP contribution in [0.1, 0.15) is 38.8 Å². The molecule has 24 heavy (non-hydrogen) atoms. The standard InChI is InChI=1S/C19H27N3O2/c1-14-10-22(11-15(2)24-14)12-17-8-6-5-7-16(17)9-21-18(23)19(3,4)13-20/h5-8,14-15H,9-12H2,1-4H3,(H,21,23). The molecule has 5 nitrogen and oxygen atoms in total. The van der Waals surface area contributed by atoms with Gasteiger partial charge in [0.05, 0.1) is 18.3 Å². The van der Waals surface area contributed by atoms with Gasteiger partial charge in [-0.2, -0.15) is 5.26 Å². The lowest BCUT2D eigenvalue weighted by molar-refractivity contribution is -0.126. The summed E-state index contributed by atoms with van der Waals surface area (Å²) in [6.07, 6.45) is 0.467. The number of ether oxygens (including phenoxy) is 1. The third-order valence-electron chi connectivity index (χ3n) is 4.29. The molecule has 0 spiro atoms. The molecule has 0 saturated carbocycles. The van der Waals surface area contributed by atoms with Crippen molar-refractivity contribution in [3.8, 4) is 6.07 Å². The summed E-state index contributed by atoms with van der Waals surface area (Å²) in [5.74, 6) is -0.242. The van der Waals surface area contributed by atoms with Gasteiger partial charge in [0.15, 0.2) is 0 Å². The first-order valence-corrected chi connectivity index (χ1v) is 8.46. The highest BCUT2D eigenvalue weighted by Crippen LogP contribution is 2.18. The summed E-state index contributed by atoms with van der Waals surface area (Å²) in [6, 6.07) is 10.2. The van der Waals surface area contributed by atoms with Crippen LogP contribution < -0.4 is 5.32 Å². The van der Waals surface area contributed by atoms with Gasteiger partial charge in [0.2, 0.25) is 5.91 Å². The fourth-order valence-electron chi connectivity index (χ4n) is 2.99. The summed E-state index contributed by atoms with van der Waals surface area (Å²) in [6.45, 7) is 10.5. The van der Waals surface area contributed by atoms with Gasteiger partial charge < -0.3 is 10.1 Å². The van der Waals surface area contributed by atoms with E-state index in [4.69, 9.17) is 10.00 Å². The van der Waals surface area contributed by atoms with E-state index in [2.05, 4.69) is 30.1 Å². The van der Waals surface area contributed by atoms with Crippen LogP contribution in [-0.4, -0.2) is 36.1 Å². The van der Waals surface area contributed by atoms with Gasteiger partial charge in [-0.15, -0.1) is 0 Å². The molecule has 1 aliphatic rings. The van der Waals surface area contributed by atoms with Crippen molar-refractivity contribution in [1.29, 1.82) is 5.26 Å². The van der Waals surface area contributed by atoms with Crippen molar-refractivity contribution < 1.29 is 9.53 Å². The fraction of sp³-hybridized carbons (Fsp3) is 0.579. The Balaban J connectivity index is 2.02. The van der Waals surface area contributed by atoms with E-state index in [1.807, 2.05) is 24.3 Å². The Hall–Kier alpha value is -1.90. The van der Waals surface area contributed by atoms with Crippen LogP contribution in [-0.2, 0) is 22.6 Å². The Kier molecular flexibility index (Phi) is 5.98. The number of amides is 1. The third kappa shape index (κ3) is 4.80. The number of hydrogen-bond acceptors (Lipinski definition) is 4. The lowest BCUT2D eigenvalue weighted by Crippen LogP contribution is -2.45. The summed E-state index contributed by atoms with van der Waals surface area (Å²) in [5.41, 5.74) is 1.28. The number of nitriles is 1. The van der Waals surface area contributed by atoms with Crippen LogP contribution in [0.3, 0.4) is 0 Å². The number of carbonyl (C=O) groups excluding carboxylic acids is 1. The maximum absolute atomic E-state index is 12.1. The molecule has 1 fully saturated rings. The number of morpholine rings is 1. The van der Waals surface area contributed by atoms with Crippen LogP contribution in [0.5, 0.6) is 0 Å². The van der Waals surface area contributed by atoms with E-state index in [0.717, 1.165) is 25.2 Å². The van der Waals surface area contributed by atoms with Crippen LogP contribution in [0.2, 0.25) is 0 Å². The Morgan fingerprint density at radius 3 is 2.46 bits per heavy atom. The molecule has 0 aliphatic carbocycles. The van der Waals surface area contributed by atoms with E-state index in [1.165, 1.54) is 5.56 Å². The smallest absolute Gasteiger partial charge is 0.240 e. The summed E-state index contributed by atoms with van der Waals surface area (Å²) < 4.78 is 5.78. The number of rotatable bonds is 5. The molecule has 1 aliphatic heterocycles. The Morgan fingerprint density at radius 2 is 1.88 bits per heavy atom. The zero-order valence-corrected chi connectivity index (χ0v) is 15.0. The molecule has 1 amide bonds. The Labute approximate surface area is 144 Å². The molecule has 0 radical (unpaired) electrons. The minimum absolute atomic E-state index is 0.233. The maximum atomic E-state index is 12.1. The average molecular weight is 329 g/mol. The van der Waals surface area contributed by atoms with Crippen LogP contribution in [0.15, 0.2) is 24.3 Å². The number of carbonyl (C=O) groups is 1. The van der Waals surface area contributed by atoms with Crippen molar-refractivity contribution in [2.75, 3.05) is 13.1 Å². The quantitative estimate of drug-likeness (QED) is 0.901. The number of nitrogens with zero attached hydrogens (tertiary/aromatic N) is 2. The molecular formula is C19H27N3O2. The van der Waals surface area contributed by atoms with Gasteiger partial charge in [0, 0.05) is 26.2 Å². The van der Waals surface area contributed by atoms with Crippen LogP contribution in [0.25, 0.3) is 0 Å². The fourth-order valence-corrected chi connectivity index (χ4v) is 2.99. The molecule has 0 bridgehead atoms. The molecule has 2 atom stereocenters. The van der Waals surface area contributed by atoms with E-state index >= 15 is 0 Å². The summed E-state index contributed by atoms with van der Waals surface area (Å²) >= 11 is 0. The summed E-state index contributed by atoms with van der Waals surface area (Å²) in [7, 11) is 0. The van der Waals surface area contributed by atoms with E-state index in [1.54, 1.807) is 13.8 Å². The lowest BCUT2D eigenvalue weighted by Gasteiger charge is -2.35. The predicted molar refractivity (Wildman–Crippen MR) is 93.0 cm³/mol. The second-order valence-electron chi connectivity index (χ2n) is 7.14. The zero-order chi connectivity index (χ0) is 17.7. The van der Waals surface area contributed by atoms with Gasteiger partial charge in [-0.1, -0.05) is 24.3 Å². The van der Waals surface area contributed by atoms with Crippen molar-refractivity contribution in [3.05, 3.63) is 35.4 Å². The van der Waals surface area contributed by atoms with Gasteiger partial charge in [0.25, 0.3) is 0 Å². The molecule has 130 valence electrons. The Morgan fingerprint density at radius 1 is 1.29 bits per heavy atom. The topological polar surface area (TPSA) is 65.4 Å². The molecule has 2 rings (SSSR count). The third-order valence-corrected chi connectivity index (χ3v) is 4.29. The highest BCUT2D eigenvalue weighted by molar-refractivity contribution is 5.84. The number of benzene rings is 1. The molecule has 1 N–H and O–H groups in total. The molecule has 1 aromatic rings. The first kappa shape index (κ1) is 18.4. The minimum atomic E-state index is -1.01. The van der Waals surface area contributed by atoms with Gasteiger partial charge in [-0.05, 0) is 38.8 Å². The largest absolute Gasteiger partial charge is 0.373 e. The molecule has 1 heterocycles. The van der Waals surface area contributed by atoms with Crippen molar-refractivity contribution in [3.63, 3.8) is 0 Å². The van der Waals surface area contributed by atoms with Crippen molar-refractivity contribution >= 4 is 5.91 Å². The predicted octanol–water partition coefficient (Wildman–Crippen LogP) is 2.46. The molecular weight excluding hydrogens is 302 g/mol. The highest BCUT2D eigenvalue weighted by atomic mass is 16.5. The second-order valence-corrected chi connectivity index (χ2v) is 7.14. The first-order valence-electron chi connectivity index (χ1n) is 8.46. The normalized spacial score (nSPS) is 22.0. The Bertz CT molecular complexity index is 611. The lowest BCUT2D eigenvalue weighted by atomic mass is 9.94. The van der Waals surface area contributed by atoms with E-state index < -0.39 is 5.41 Å².